The Bertz CT molecular complexity index is 1160. The highest BCUT2D eigenvalue weighted by atomic mass is 16.7. The zero-order chi connectivity index (χ0) is 40.1. The van der Waals surface area contributed by atoms with Gasteiger partial charge in [0.05, 0.1) is 32.5 Å². The van der Waals surface area contributed by atoms with Crippen LogP contribution in [0.4, 0.5) is 0 Å². The van der Waals surface area contributed by atoms with Gasteiger partial charge in [-0.1, -0.05) is 6.42 Å². The highest BCUT2D eigenvalue weighted by Gasteiger charge is 2.52. The summed E-state index contributed by atoms with van der Waals surface area (Å²) in [6, 6.07) is -0.606. The summed E-state index contributed by atoms with van der Waals surface area (Å²) in [5.41, 5.74) is 10.5. The van der Waals surface area contributed by atoms with Gasteiger partial charge in [-0.15, -0.1) is 0 Å². The second-order valence-electron chi connectivity index (χ2n) is 13.2. The predicted molar refractivity (Wildman–Crippen MR) is 176 cm³/mol. The van der Waals surface area contributed by atoms with Gasteiger partial charge in [0, 0.05) is 19.4 Å². The number of rotatable bonds is 21. The van der Waals surface area contributed by atoms with Crippen molar-refractivity contribution in [2.24, 2.45) is 5.73 Å². The summed E-state index contributed by atoms with van der Waals surface area (Å²) in [7, 11) is 0. The van der Waals surface area contributed by atoms with E-state index in [0.29, 0.717) is 25.8 Å². The first kappa shape index (κ1) is 46.3. The van der Waals surface area contributed by atoms with E-state index in [9.17, 15) is 65.4 Å². The van der Waals surface area contributed by atoms with Crippen LogP contribution in [0.25, 0.3) is 0 Å². The van der Waals surface area contributed by atoms with E-state index < -0.39 is 130 Å². The molecule has 0 spiro atoms. The fraction of sp³-hybridized carbons (Fsp3) is 0.903. The number of amides is 2. The van der Waals surface area contributed by atoms with Crippen molar-refractivity contribution in [3.63, 3.8) is 0 Å². The van der Waals surface area contributed by atoms with Crippen LogP contribution in [0.15, 0.2) is 0 Å². The number of unbranched alkanes of at least 4 members (excludes halogenated alkanes) is 1. The molecule has 0 saturated carbocycles. The molecule has 3 aliphatic heterocycles. The van der Waals surface area contributed by atoms with E-state index in [-0.39, 0.29) is 31.8 Å². The van der Waals surface area contributed by atoms with Gasteiger partial charge in [-0.25, -0.2) is 5.43 Å². The average Bonchev–Trinajstić information content (AvgIpc) is 3.15. The van der Waals surface area contributed by atoms with Crippen LogP contribution in [0.1, 0.15) is 39.0 Å². The molecule has 23 heteroatoms. The molecule has 3 heterocycles. The number of hydrazine groups is 1. The van der Waals surface area contributed by atoms with Crippen molar-refractivity contribution >= 4 is 17.6 Å². The molecule has 23 nitrogen and oxygen atoms in total. The van der Waals surface area contributed by atoms with E-state index >= 15 is 0 Å². The Balaban J connectivity index is 1.59. The Hall–Kier alpha value is -2.11. The van der Waals surface area contributed by atoms with E-state index in [2.05, 4.69) is 16.2 Å². The molecular formula is C31H56N4O19. The number of hydrogen-bond donors (Lipinski definition) is 14. The topological polar surface area (TPSA) is 371 Å². The number of carbonyl (C=O) groups is 3. The van der Waals surface area contributed by atoms with Crippen molar-refractivity contribution in [3.05, 3.63) is 0 Å². The monoisotopic (exact) mass is 788 g/mol. The molecule has 314 valence electrons. The van der Waals surface area contributed by atoms with Crippen LogP contribution >= 0.6 is 0 Å². The Morgan fingerprint density at radius 2 is 1.24 bits per heavy atom. The lowest BCUT2D eigenvalue weighted by atomic mass is 9.96. The second kappa shape index (κ2) is 22.6. The van der Waals surface area contributed by atoms with E-state index in [1.54, 1.807) is 0 Å². The zero-order valence-corrected chi connectivity index (χ0v) is 29.7. The minimum atomic E-state index is -1.92. The summed E-state index contributed by atoms with van der Waals surface area (Å²) in [4.78, 5) is 36.4. The van der Waals surface area contributed by atoms with E-state index in [0.717, 1.165) is 0 Å². The summed E-state index contributed by atoms with van der Waals surface area (Å²) in [5, 5.41) is 105. The predicted octanol–water partition coefficient (Wildman–Crippen LogP) is -7.94. The van der Waals surface area contributed by atoms with Crippen molar-refractivity contribution < 1.29 is 93.9 Å². The molecule has 0 aromatic heterocycles. The Morgan fingerprint density at radius 1 is 0.685 bits per heavy atom. The number of carbonyl (C=O) groups excluding carboxylic acids is 3. The third-order valence-corrected chi connectivity index (χ3v) is 9.16. The largest absolute Gasteiger partial charge is 0.394 e. The highest BCUT2D eigenvalue weighted by molar-refractivity contribution is 5.84. The van der Waals surface area contributed by atoms with Gasteiger partial charge >= 0.3 is 0 Å². The molecule has 0 aromatic rings. The zero-order valence-electron chi connectivity index (χ0n) is 29.7. The third-order valence-electron chi connectivity index (χ3n) is 9.16. The number of aliphatic hydroxyl groups is 10. The standard InChI is InChI=1S/C31H56N4O19/c1-13(38)14(4-2-3-7-32)34-35-19(40)6-5-18(39)33-8-9-49-30-27(48)28(54-31-26(47)24(45)21(42)16(11-37)52-31)22(43)17(53-30)12-50-29-25(46)23(44)20(41)15(10-36)51-29/h14-17,20-31,34,36-37,41-48H,2-12,32H2,1H3,(H,33,39)(H,35,40)/t14-,15+,16+,17+,20+,21+,22+,23-,24-,25-,26-,27-,28-,29-,30-,31+/m0/s1. The Labute approximate surface area is 310 Å². The number of aliphatic hydroxyl groups excluding tert-OH is 10. The van der Waals surface area contributed by atoms with Crippen molar-refractivity contribution in [1.29, 1.82) is 0 Å². The van der Waals surface area contributed by atoms with Gasteiger partial charge < -0.3 is 90.5 Å². The molecule has 0 aliphatic carbocycles. The number of nitrogens with one attached hydrogen (secondary N) is 3. The highest BCUT2D eigenvalue weighted by Crippen LogP contribution is 2.31. The first-order chi connectivity index (χ1) is 25.6. The van der Waals surface area contributed by atoms with E-state index in [1.165, 1.54) is 6.92 Å². The van der Waals surface area contributed by atoms with Crippen LogP contribution in [0, 0.1) is 0 Å². The van der Waals surface area contributed by atoms with Gasteiger partial charge in [0.25, 0.3) is 0 Å². The smallest absolute Gasteiger partial charge is 0.234 e. The molecule has 0 aromatic carbocycles. The van der Waals surface area contributed by atoms with Crippen LogP contribution in [0.5, 0.6) is 0 Å². The molecule has 3 fully saturated rings. The first-order valence-electron chi connectivity index (χ1n) is 17.7. The summed E-state index contributed by atoms with van der Waals surface area (Å²) in [6.45, 7) is -0.818. The fourth-order valence-corrected chi connectivity index (χ4v) is 5.85. The SMILES string of the molecule is CC(=O)[C@H](CCCCN)NNC(=O)CCC(=O)NCCO[C@H]1O[C@H](CO[C@H]2O[C@H](CO)[C@@H](O)[C@H](O)[C@@H]2O)[C@@H](O)[C@H](O[C@H]2O[C@H](CO)[C@@H](O)[C@H](O)[C@@H]2O)[C@@H]1O. The lowest BCUT2D eigenvalue weighted by Gasteiger charge is -2.46. The van der Waals surface area contributed by atoms with E-state index in [4.69, 9.17) is 34.2 Å². The second-order valence-corrected chi connectivity index (χ2v) is 13.2. The van der Waals surface area contributed by atoms with Crippen molar-refractivity contribution in [1.82, 2.24) is 16.2 Å². The van der Waals surface area contributed by atoms with Crippen LogP contribution in [-0.2, 0) is 42.8 Å². The molecule has 54 heavy (non-hydrogen) atoms. The molecule has 0 radical (unpaired) electrons. The number of ketones is 1. The fourth-order valence-electron chi connectivity index (χ4n) is 5.85. The molecule has 3 rings (SSSR count). The molecule has 3 saturated heterocycles. The summed E-state index contributed by atoms with van der Waals surface area (Å²) >= 11 is 0. The van der Waals surface area contributed by atoms with Crippen LogP contribution in [0.2, 0.25) is 0 Å². The van der Waals surface area contributed by atoms with Gasteiger partial charge in [0.1, 0.15) is 79.0 Å². The molecule has 16 atom stereocenters. The van der Waals surface area contributed by atoms with Crippen molar-refractivity contribution in [3.8, 4) is 0 Å². The third kappa shape index (κ3) is 12.7. The maximum Gasteiger partial charge on any atom is 0.234 e. The van der Waals surface area contributed by atoms with Crippen molar-refractivity contribution in [2.45, 2.75) is 137 Å². The number of ether oxygens (including phenoxy) is 6. The maximum atomic E-state index is 12.4. The maximum absolute atomic E-state index is 12.4. The number of nitrogens with two attached hydrogens (primary N) is 1. The lowest BCUT2D eigenvalue weighted by molar-refractivity contribution is -0.366. The first-order valence-corrected chi connectivity index (χ1v) is 17.7. The molecular weight excluding hydrogens is 732 g/mol. The number of hydrogen-bond acceptors (Lipinski definition) is 21. The van der Waals surface area contributed by atoms with Crippen LogP contribution in [-0.4, -0.2) is 206 Å². The molecule has 15 N–H and O–H groups in total. The van der Waals surface area contributed by atoms with Gasteiger partial charge in [-0.05, 0) is 26.3 Å². The minimum absolute atomic E-state index is 0.161. The van der Waals surface area contributed by atoms with Crippen LogP contribution < -0.4 is 21.9 Å². The lowest BCUT2D eigenvalue weighted by Crippen LogP contribution is -2.65. The summed E-state index contributed by atoms with van der Waals surface area (Å²) < 4.78 is 33.1. The Kier molecular flexibility index (Phi) is 19.4. The average molecular weight is 789 g/mol. The van der Waals surface area contributed by atoms with Gasteiger partial charge in [-0.3, -0.25) is 19.8 Å². The van der Waals surface area contributed by atoms with Crippen LogP contribution in [0.3, 0.4) is 0 Å². The van der Waals surface area contributed by atoms with Gasteiger partial charge in [0.2, 0.25) is 11.8 Å². The van der Waals surface area contributed by atoms with Crippen molar-refractivity contribution in [2.75, 3.05) is 39.5 Å². The quantitative estimate of drug-likeness (QED) is 0.0379. The summed E-state index contributed by atoms with van der Waals surface area (Å²) in [6.07, 6.45) is -24.1. The minimum Gasteiger partial charge on any atom is -0.394 e. The van der Waals surface area contributed by atoms with Gasteiger partial charge in [-0.2, -0.15) is 0 Å². The van der Waals surface area contributed by atoms with Gasteiger partial charge in [0.15, 0.2) is 18.9 Å². The normalized spacial score (nSPS) is 37.7. The van der Waals surface area contributed by atoms with E-state index in [1.807, 2.05) is 0 Å². The molecule has 0 bridgehead atoms. The molecule has 3 aliphatic rings. The molecule has 0 unspecified atom stereocenters. The molecule has 2 amide bonds. The Morgan fingerprint density at radius 3 is 1.83 bits per heavy atom. The summed E-state index contributed by atoms with van der Waals surface area (Å²) in [5.74, 6) is -1.26. The number of Topliss-reactive ketones (excluding diaryl/α,β-unsaturated/α-hetero) is 1.